The van der Waals surface area contributed by atoms with E-state index in [1.54, 1.807) is 0 Å². The maximum atomic E-state index is 12.3. The average Bonchev–Trinajstić information content (AvgIpc) is 3.01. The molecule has 2 atom stereocenters. The smallest absolute Gasteiger partial charge is 0.241 e. The highest BCUT2D eigenvalue weighted by molar-refractivity contribution is 5.87. The molecule has 0 saturated carbocycles. The van der Waals surface area contributed by atoms with E-state index in [0.717, 1.165) is 19.5 Å². The molecule has 2 amide bonds. The molecule has 0 aromatic heterocycles. The zero-order valence-corrected chi connectivity index (χ0v) is 15.4. The summed E-state index contributed by atoms with van der Waals surface area (Å²) in [5.41, 5.74) is 8.36. The summed E-state index contributed by atoms with van der Waals surface area (Å²) in [5, 5.41) is 2.65. The van der Waals surface area contributed by atoms with Gasteiger partial charge >= 0.3 is 0 Å². The Morgan fingerprint density at radius 2 is 2.00 bits per heavy atom. The number of hydrogen-bond donors (Lipinski definition) is 2. The zero-order chi connectivity index (χ0) is 17.0. The van der Waals surface area contributed by atoms with Gasteiger partial charge in [-0.2, -0.15) is 0 Å². The molecule has 0 aliphatic carbocycles. The molecule has 1 saturated heterocycles. The molecule has 3 N–H and O–H groups in total. The molecule has 6 heteroatoms. The van der Waals surface area contributed by atoms with Crippen LogP contribution in [0.25, 0.3) is 0 Å². The number of amides is 2. The molecular formula is C18H28ClN3O2. The van der Waals surface area contributed by atoms with E-state index in [4.69, 9.17) is 5.73 Å². The van der Waals surface area contributed by atoms with Crippen LogP contribution in [0.15, 0.2) is 24.3 Å². The Bertz CT molecular complexity index is 577. The molecule has 24 heavy (non-hydrogen) atoms. The molecule has 1 aliphatic heterocycles. The number of hydrogen-bond acceptors (Lipinski definition) is 3. The summed E-state index contributed by atoms with van der Waals surface area (Å²) >= 11 is 0. The number of nitrogens with two attached hydrogens (primary N) is 1. The highest BCUT2D eigenvalue weighted by Gasteiger charge is 2.28. The number of likely N-dealkylation sites (tertiary alicyclic amines) is 1. The number of rotatable bonds is 5. The van der Waals surface area contributed by atoms with Crippen molar-refractivity contribution in [2.45, 2.75) is 39.2 Å². The van der Waals surface area contributed by atoms with E-state index in [1.165, 1.54) is 11.1 Å². The van der Waals surface area contributed by atoms with Crippen LogP contribution in [0, 0.1) is 12.8 Å². The molecule has 1 fully saturated rings. The van der Waals surface area contributed by atoms with Gasteiger partial charge in [0.05, 0.1) is 12.6 Å². The fraction of sp³-hybridized carbons (Fsp3) is 0.556. The van der Waals surface area contributed by atoms with Crippen molar-refractivity contribution in [3.63, 3.8) is 0 Å². The summed E-state index contributed by atoms with van der Waals surface area (Å²) in [4.78, 5) is 25.9. The Morgan fingerprint density at radius 3 is 2.62 bits per heavy atom. The second kappa shape index (κ2) is 9.04. The third-order valence-electron chi connectivity index (χ3n) is 4.60. The second-order valence-electron chi connectivity index (χ2n) is 6.67. The van der Waals surface area contributed by atoms with Gasteiger partial charge in [-0.1, -0.05) is 38.1 Å². The van der Waals surface area contributed by atoms with Crippen molar-refractivity contribution in [2.75, 3.05) is 19.6 Å². The lowest BCUT2D eigenvalue weighted by atomic mass is 9.94. The van der Waals surface area contributed by atoms with Crippen LogP contribution in [0.2, 0.25) is 0 Å². The van der Waals surface area contributed by atoms with Crippen molar-refractivity contribution < 1.29 is 9.59 Å². The number of nitrogens with zero attached hydrogens (tertiary/aromatic N) is 1. The maximum absolute atomic E-state index is 12.3. The third-order valence-corrected chi connectivity index (χ3v) is 4.60. The molecule has 134 valence electrons. The van der Waals surface area contributed by atoms with E-state index in [2.05, 4.69) is 24.4 Å². The summed E-state index contributed by atoms with van der Waals surface area (Å²) in [6.07, 6.45) is 0.968. The van der Waals surface area contributed by atoms with Gasteiger partial charge in [0.1, 0.15) is 0 Å². The van der Waals surface area contributed by atoms with Crippen LogP contribution in [0.1, 0.15) is 37.3 Å². The third kappa shape index (κ3) is 4.95. The van der Waals surface area contributed by atoms with E-state index in [9.17, 15) is 9.59 Å². The minimum Gasteiger partial charge on any atom is -0.346 e. The first-order chi connectivity index (χ1) is 10.9. The van der Waals surface area contributed by atoms with Gasteiger partial charge in [0, 0.05) is 19.0 Å². The van der Waals surface area contributed by atoms with Gasteiger partial charge in [0.25, 0.3) is 0 Å². The van der Waals surface area contributed by atoms with Gasteiger partial charge in [0.2, 0.25) is 11.8 Å². The van der Waals surface area contributed by atoms with Crippen molar-refractivity contribution >= 4 is 24.2 Å². The maximum Gasteiger partial charge on any atom is 0.241 e. The van der Waals surface area contributed by atoms with Crippen LogP contribution in [0.5, 0.6) is 0 Å². The molecule has 2 rings (SSSR count). The molecule has 0 spiro atoms. The molecular weight excluding hydrogens is 326 g/mol. The lowest BCUT2D eigenvalue weighted by Gasteiger charge is -2.19. The summed E-state index contributed by atoms with van der Waals surface area (Å²) in [6, 6.07) is 7.75. The highest BCUT2D eigenvalue weighted by atomic mass is 35.5. The number of carbonyl (C=O) groups is 2. The van der Waals surface area contributed by atoms with E-state index >= 15 is 0 Å². The van der Waals surface area contributed by atoms with E-state index in [-0.39, 0.29) is 36.7 Å². The topological polar surface area (TPSA) is 75.4 Å². The van der Waals surface area contributed by atoms with Crippen LogP contribution in [0.3, 0.4) is 0 Å². The predicted molar refractivity (Wildman–Crippen MR) is 98.2 cm³/mol. The van der Waals surface area contributed by atoms with E-state index < -0.39 is 6.04 Å². The van der Waals surface area contributed by atoms with Gasteiger partial charge in [-0.15, -0.1) is 12.4 Å². The molecule has 1 aliphatic rings. The van der Waals surface area contributed by atoms with Crippen molar-refractivity contribution in [3.8, 4) is 0 Å². The normalized spacial score (nSPS) is 18.2. The van der Waals surface area contributed by atoms with Gasteiger partial charge in [-0.25, -0.2) is 0 Å². The molecule has 1 unspecified atom stereocenters. The molecule has 0 bridgehead atoms. The Balaban J connectivity index is 0.00000288. The molecule has 0 radical (unpaired) electrons. The first kappa shape index (κ1) is 20.5. The number of halogens is 1. The lowest BCUT2D eigenvalue weighted by Crippen LogP contribution is -2.47. The minimum atomic E-state index is -0.568. The Morgan fingerprint density at radius 1 is 1.33 bits per heavy atom. The zero-order valence-electron chi connectivity index (χ0n) is 14.6. The summed E-state index contributed by atoms with van der Waals surface area (Å²) in [7, 11) is 0. The minimum absolute atomic E-state index is 0. The van der Waals surface area contributed by atoms with E-state index in [1.807, 2.05) is 30.9 Å². The van der Waals surface area contributed by atoms with Crippen LogP contribution in [0.4, 0.5) is 0 Å². The van der Waals surface area contributed by atoms with Crippen molar-refractivity contribution in [1.82, 2.24) is 10.2 Å². The van der Waals surface area contributed by atoms with Gasteiger partial charge < -0.3 is 16.0 Å². The monoisotopic (exact) mass is 353 g/mol. The Kier molecular flexibility index (Phi) is 7.70. The molecule has 5 nitrogen and oxygen atoms in total. The standard InChI is InChI=1S/C18H27N3O2.ClH/c1-12(2)17(19)18(23)20-10-16(22)21-9-8-14(11-21)15-7-5-4-6-13(15)3;/h4-7,12,14,17H,8-11,19H2,1-3H3,(H,20,23);1H/t14?,17-;/m0./s1. The van der Waals surface area contributed by atoms with Crippen molar-refractivity contribution in [1.29, 1.82) is 0 Å². The van der Waals surface area contributed by atoms with Crippen LogP contribution in [-0.4, -0.2) is 42.4 Å². The van der Waals surface area contributed by atoms with E-state index in [0.29, 0.717) is 5.92 Å². The predicted octanol–water partition coefficient (Wildman–Crippen LogP) is 1.83. The SMILES string of the molecule is Cc1ccccc1C1CCN(C(=O)CNC(=O)[C@@H](N)C(C)C)C1.Cl. The van der Waals surface area contributed by atoms with Crippen molar-refractivity contribution in [3.05, 3.63) is 35.4 Å². The summed E-state index contributed by atoms with van der Waals surface area (Å²) in [6.45, 7) is 7.37. The van der Waals surface area contributed by atoms with Gasteiger partial charge in [0.15, 0.2) is 0 Å². The van der Waals surface area contributed by atoms with Gasteiger partial charge in [-0.05, 0) is 30.4 Å². The molecule has 1 aromatic carbocycles. The fourth-order valence-corrected chi connectivity index (χ4v) is 2.98. The first-order valence-electron chi connectivity index (χ1n) is 8.26. The molecule has 1 heterocycles. The number of carbonyl (C=O) groups excluding carboxylic acids is 2. The second-order valence-corrected chi connectivity index (χ2v) is 6.67. The highest BCUT2D eigenvalue weighted by Crippen LogP contribution is 2.29. The number of aryl methyl sites for hydroxylation is 1. The fourth-order valence-electron chi connectivity index (χ4n) is 2.98. The summed E-state index contributed by atoms with van der Waals surface area (Å²) in [5.74, 6) is 0.143. The average molecular weight is 354 g/mol. The number of benzene rings is 1. The van der Waals surface area contributed by atoms with Crippen LogP contribution >= 0.6 is 12.4 Å². The largest absolute Gasteiger partial charge is 0.346 e. The van der Waals surface area contributed by atoms with Crippen LogP contribution in [-0.2, 0) is 9.59 Å². The Labute approximate surface area is 150 Å². The number of nitrogens with one attached hydrogen (secondary N) is 1. The van der Waals surface area contributed by atoms with Crippen molar-refractivity contribution in [2.24, 2.45) is 11.7 Å². The quantitative estimate of drug-likeness (QED) is 0.848. The lowest BCUT2D eigenvalue weighted by molar-refractivity contribution is -0.132. The van der Waals surface area contributed by atoms with Crippen LogP contribution < -0.4 is 11.1 Å². The molecule has 1 aromatic rings. The van der Waals surface area contributed by atoms with Gasteiger partial charge in [-0.3, -0.25) is 9.59 Å². The summed E-state index contributed by atoms with van der Waals surface area (Å²) < 4.78 is 0. The first-order valence-corrected chi connectivity index (χ1v) is 8.26. The Hall–Kier alpha value is -1.59.